The minimum atomic E-state index is -0.324. The highest BCUT2D eigenvalue weighted by Crippen LogP contribution is 2.21. The van der Waals surface area contributed by atoms with Crippen molar-refractivity contribution >= 4 is 23.3 Å². The zero-order valence-corrected chi connectivity index (χ0v) is 11.5. The number of halogens is 1. The van der Waals surface area contributed by atoms with E-state index < -0.39 is 0 Å². The lowest BCUT2D eigenvalue weighted by Crippen LogP contribution is -2.31. The minimum absolute atomic E-state index is 0.212. The maximum absolute atomic E-state index is 11.8. The standard InChI is InChI=1S/C14H15ClN2O2/c1-9-7-8-13(19-9)10(2)16-14(18)17-12-6-4-3-5-11(12)15/h3-8,10H,1-2H3,(H2,16,17,18). The molecule has 0 saturated carbocycles. The molecule has 2 amide bonds. The van der Waals surface area contributed by atoms with Crippen LogP contribution in [-0.4, -0.2) is 6.03 Å². The molecule has 2 aromatic rings. The Morgan fingerprint density at radius 3 is 2.63 bits per heavy atom. The van der Waals surface area contributed by atoms with Crippen LogP contribution in [0, 0.1) is 6.92 Å². The Bertz CT molecular complexity index is 580. The normalized spacial score (nSPS) is 11.9. The molecule has 0 radical (unpaired) electrons. The average Bonchev–Trinajstić information content (AvgIpc) is 2.79. The molecular formula is C14H15ClN2O2. The van der Waals surface area contributed by atoms with Crippen molar-refractivity contribution in [1.29, 1.82) is 0 Å². The first-order valence-corrected chi connectivity index (χ1v) is 6.32. The van der Waals surface area contributed by atoms with Gasteiger partial charge in [0.25, 0.3) is 0 Å². The van der Waals surface area contributed by atoms with Gasteiger partial charge in [0.05, 0.1) is 16.8 Å². The van der Waals surface area contributed by atoms with E-state index in [0.717, 1.165) is 5.76 Å². The second kappa shape index (κ2) is 5.80. The van der Waals surface area contributed by atoms with Gasteiger partial charge in [0, 0.05) is 0 Å². The molecule has 1 unspecified atom stereocenters. The van der Waals surface area contributed by atoms with Crippen molar-refractivity contribution in [3.63, 3.8) is 0 Å². The summed E-state index contributed by atoms with van der Waals surface area (Å²) in [6, 6.07) is 10.2. The first kappa shape index (κ1) is 13.5. The number of furan rings is 1. The zero-order valence-electron chi connectivity index (χ0n) is 10.7. The van der Waals surface area contributed by atoms with E-state index in [9.17, 15) is 4.79 Å². The SMILES string of the molecule is Cc1ccc(C(C)NC(=O)Nc2ccccc2Cl)o1. The molecule has 0 saturated heterocycles. The van der Waals surface area contributed by atoms with Crippen molar-refractivity contribution in [1.82, 2.24) is 5.32 Å². The third-order valence-corrected chi connectivity index (χ3v) is 2.99. The van der Waals surface area contributed by atoms with Gasteiger partial charge in [0.2, 0.25) is 0 Å². The number of aryl methyl sites for hydroxylation is 1. The van der Waals surface area contributed by atoms with Gasteiger partial charge in [-0.15, -0.1) is 0 Å². The number of benzene rings is 1. The van der Waals surface area contributed by atoms with Gasteiger partial charge < -0.3 is 15.1 Å². The van der Waals surface area contributed by atoms with Crippen molar-refractivity contribution < 1.29 is 9.21 Å². The van der Waals surface area contributed by atoms with Crippen molar-refractivity contribution in [2.75, 3.05) is 5.32 Å². The smallest absolute Gasteiger partial charge is 0.319 e. The molecule has 0 aliphatic heterocycles. The Morgan fingerprint density at radius 2 is 2.00 bits per heavy atom. The molecule has 0 aliphatic carbocycles. The third kappa shape index (κ3) is 3.51. The van der Waals surface area contributed by atoms with Crippen LogP contribution in [0.1, 0.15) is 24.5 Å². The number of carbonyl (C=O) groups is 1. The van der Waals surface area contributed by atoms with Gasteiger partial charge in [0.1, 0.15) is 11.5 Å². The fourth-order valence-electron chi connectivity index (χ4n) is 1.67. The summed E-state index contributed by atoms with van der Waals surface area (Å²) in [5, 5.41) is 5.98. The molecule has 19 heavy (non-hydrogen) atoms. The molecule has 1 heterocycles. The van der Waals surface area contributed by atoms with Crippen LogP contribution in [0.5, 0.6) is 0 Å². The Morgan fingerprint density at radius 1 is 1.26 bits per heavy atom. The lowest BCUT2D eigenvalue weighted by atomic mass is 10.2. The van der Waals surface area contributed by atoms with E-state index in [-0.39, 0.29) is 12.1 Å². The molecular weight excluding hydrogens is 264 g/mol. The van der Waals surface area contributed by atoms with E-state index in [1.165, 1.54) is 0 Å². The molecule has 2 N–H and O–H groups in total. The van der Waals surface area contributed by atoms with Crippen LogP contribution in [0.4, 0.5) is 10.5 Å². The number of carbonyl (C=O) groups excluding carboxylic acids is 1. The second-order valence-corrected chi connectivity index (χ2v) is 4.66. The summed E-state index contributed by atoms with van der Waals surface area (Å²) >= 11 is 5.96. The lowest BCUT2D eigenvalue weighted by Gasteiger charge is -2.13. The molecule has 4 nitrogen and oxygen atoms in total. The largest absolute Gasteiger partial charge is 0.464 e. The summed E-state index contributed by atoms with van der Waals surface area (Å²) in [6.07, 6.45) is 0. The van der Waals surface area contributed by atoms with Crippen LogP contribution in [-0.2, 0) is 0 Å². The van der Waals surface area contributed by atoms with Gasteiger partial charge in [-0.25, -0.2) is 4.79 Å². The molecule has 1 atom stereocenters. The van der Waals surface area contributed by atoms with Gasteiger partial charge in [-0.2, -0.15) is 0 Å². The van der Waals surface area contributed by atoms with Crippen molar-refractivity contribution in [2.24, 2.45) is 0 Å². The molecule has 5 heteroatoms. The molecule has 2 rings (SSSR count). The quantitative estimate of drug-likeness (QED) is 0.887. The molecule has 1 aromatic carbocycles. The predicted octanol–water partition coefficient (Wildman–Crippen LogP) is 4.12. The number of amides is 2. The summed E-state index contributed by atoms with van der Waals surface area (Å²) < 4.78 is 5.45. The first-order chi connectivity index (χ1) is 9.06. The van der Waals surface area contributed by atoms with E-state index in [0.29, 0.717) is 16.5 Å². The van der Waals surface area contributed by atoms with E-state index in [1.807, 2.05) is 26.0 Å². The highest BCUT2D eigenvalue weighted by atomic mass is 35.5. The van der Waals surface area contributed by atoms with E-state index in [2.05, 4.69) is 10.6 Å². The number of nitrogens with one attached hydrogen (secondary N) is 2. The molecule has 100 valence electrons. The van der Waals surface area contributed by atoms with E-state index in [1.54, 1.807) is 24.3 Å². The van der Waals surface area contributed by atoms with Crippen LogP contribution in [0.25, 0.3) is 0 Å². The van der Waals surface area contributed by atoms with Gasteiger partial charge in [-0.3, -0.25) is 0 Å². The summed E-state index contributed by atoms with van der Waals surface area (Å²) in [5.74, 6) is 1.53. The minimum Gasteiger partial charge on any atom is -0.464 e. The number of rotatable bonds is 3. The number of anilines is 1. The lowest BCUT2D eigenvalue weighted by molar-refractivity contribution is 0.247. The fraction of sp³-hybridized carbons (Fsp3) is 0.214. The molecule has 0 bridgehead atoms. The number of hydrogen-bond acceptors (Lipinski definition) is 2. The highest BCUT2D eigenvalue weighted by molar-refractivity contribution is 6.33. The van der Waals surface area contributed by atoms with Crippen molar-refractivity contribution in [3.8, 4) is 0 Å². The first-order valence-electron chi connectivity index (χ1n) is 5.94. The highest BCUT2D eigenvalue weighted by Gasteiger charge is 2.13. The van der Waals surface area contributed by atoms with E-state index >= 15 is 0 Å². The molecule has 0 aliphatic rings. The maximum Gasteiger partial charge on any atom is 0.319 e. The van der Waals surface area contributed by atoms with Gasteiger partial charge in [-0.1, -0.05) is 23.7 Å². The molecule has 0 spiro atoms. The fourth-order valence-corrected chi connectivity index (χ4v) is 1.86. The number of para-hydroxylation sites is 1. The van der Waals surface area contributed by atoms with Crippen LogP contribution in [0.15, 0.2) is 40.8 Å². The van der Waals surface area contributed by atoms with Gasteiger partial charge in [-0.05, 0) is 38.1 Å². The molecule has 1 aromatic heterocycles. The summed E-state index contributed by atoms with van der Waals surface area (Å²) in [5.41, 5.74) is 0.574. The van der Waals surface area contributed by atoms with Crippen LogP contribution in [0.3, 0.4) is 0 Å². The Balaban J connectivity index is 1.96. The number of urea groups is 1. The summed E-state index contributed by atoms with van der Waals surface area (Å²) in [7, 11) is 0. The van der Waals surface area contributed by atoms with Gasteiger partial charge >= 0.3 is 6.03 Å². The molecule has 0 fully saturated rings. The van der Waals surface area contributed by atoms with Crippen LogP contribution in [0.2, 0.25) is 5.02 Å². The zero-order chi connectivity index (χ0) is 13.8. The van der Waals surface area contributed by atoms with Crippen LogP contribution < -0.4 is 10.6 Å². The summed E-state index contributed by atoms with van der Waals surface area (Å²) in [4.78, 5) is 11.8. The topological polar surface area (TPSA) is 54.3 Å². The predicted molar refractivity (Wildman–Crippen MR) is 75.5 cm³/mol. The maximum atomic E-state index is 11.8. The Kier molecular flexibility index (Phi) is 4.12. The van der Waals surface area contributed by atoms with Gasteiger partial charge in [0.15, 0.2) is 0 Å². The number of hydrogen-bond donors (Lipinski definition) is 2. The Hall–Kier alpha value is -1.94. The van der Waals surface area contributed by atoms with Crippen molar-refractivity contribution in [3.05, 3.63) is 52.9 Å². The third-order valence-electron chi connectivity index (χ3n) is 2.66. The van der Waals surface area contributed by atoms with Crippen LogP contribution >= 0.6 is 11.6 Å². The summed E-state index contributed by atoms with van der Waals surface area (Å²) in [6.45, 7) is 3.71. The Labute approximate surface area is 116 Å². The monoisotopic (exact) mass is 278 g/mol. The second-order valence-electron chi connectivity index (χ2n) is 4.25. The van der Waals surface area contributed by atoms with E-state index in [4.69, 9.17) is 16.0 Å². The average molecular weight is 279 g/mol. The van der Waals surface area contributed by atoms with Crippen molar-refractivity contribution in [2.45, 2.75) is 19.9 Å².